The Morgan fingerprint density at radius 3 is 2.65 bits per heavy atom. The Kier molecular flexibility index (Phi) is 4.75. The van der Waals surface area contributed by atoms with Crippen molar-refractivity contribution in [3.8, 4) is 0 Å². The van der Waals surface area contributed by atoms with Crippen molar-refractivity contribution in [2.45, 2.75) is 13.8 Å². The van der Waals surface area contributed by atoms with Crippen molar-refractivity contribution in [2.24, 2.45) is 0 Å². The average molecular weight is 238 g/mol. The summed E-state index contributed by atoms with van der Waals surface area (Å²) in [6.07, 6.45) is 2.78. The van der Waals surface area contributed by atoms with Crippen LogP contribution in [0.4, 0.5) is 0 Å². The van der Waals surface area contributed by atoms with Crippen LogP contribution < -0.4 is 5.32 Å². The lowest BCUT2D eigenvalue weighted by atomic mass is 10.1. The van der Waals surface area contributed by atoms with Gasteiger partial charge in [-0.3, -0.25) is 4.79 Å². The summed E-state index contributed by atoms with van der Waals surface area (Å²) in [4.78, 5) is 24.7. The van der Waals surface area contributed by atoms with E-state index in [1.165, 1.54) is 19.1 Å². The van der Waals surface area contributed by atoms with E-state index in [-0.39, 0.29) is 5.78 Å². The van der Waals surface area contributed by atoms with Gasteiger partial charge in [0.15, 0.2) is 5.78 Å². The molecule has 0 amide bonds. The van der Waals surface area contributed by atoms with E-state index in [2.05, 4.69) is 5.32 Å². The Balaban J connectivity index is 2.88. The van der Waals surface area contributed by atoms with Crippen LogP contribution in [0.5, 0.6) is 0 Å². The van der Waals surface area contributed by atoms with Crippen molar-refractivity contribution >= 4 is 11.8 Å². The van der Waals surface area contributed by atoms with Crippen LogP contribution in [0, 0.1) is 0 Å². The van der Waals surface area contributed by atoms with Crippen LogP contribution in [0.3, 0.4) is 0 Å². The van der Waals surface area contributed by atoms with E-state index < -0.39 is 5.97 Å². The molecule has 0 bridgehead atoms. The van der Waals surface area contributed by atoms with Crippen molar-refractivity contribution in [2.75, 3.05) is 26.7 Å². The highest BCUT2D eigenvalue weighted by Gasteiger charge is 2.18. The molecule has 0 aliphatic carbocycles. The van der Waals surface area contributed by atoms with Gasteiger partial charge in [-0.05, 0) is 19.9 Å². The van der Waals surface area contributed by atoms with Gasteiger partial charge in [-0.15, -0.1) is 0 Å². The second kappa shape index (κ2) is 6.08. The summed E-state index contributed by atoms with van der Waals surface area (Å²) in [7, 11) is 1.90. The molecule has 0 aromatic carbocycles. The molecule has 1 heterocycles. The largest absolute Gasteiger partial charge is 0.463 e. The van der Waals surface area contributed by atoms with Gasteiger partial charge < -0.3 is 15.0 Å². The number of Topliss-reactive ketones (excluding diaryl/α,β-unsaturated/α-hetero) is 1. The van der Waals surface area contributed by atoms with Gasteiger partial charge in [-0.25, -0.2) is 4.79 Å². The van der Waals surface area contributed by atoms with Gasteiger partial charge in [0.05, 0.1) is 12.2 Å². The number of likely N-dealkylation sites (N-methyl/N-ethyl adjacent to an activating group) is 1. The molecule has 1 aliphatic heterocycles. The zero-order chi connectivity index (χ0) is 12.8. The molecule has 5 heteroatoms. The molecule has 1 N–H and O–H groups in total. The minimum atomic E-state index is -0.437. The van der Waals surface area contributed by atoms with Crippen LogP contribution in [0.15, 0.2) is 23.5 Å². The summed E-state index contributed by atoms with van der Waals surface area (Å²) in [5, 5.41) is 3.12. The number of carbonyl (C=O) groups is 2. The van der Waals surface area contributed by atoms with Gasteiger partial charge in [0.2, 0.25) is 0 Å². The molecule has 0 aromatic rings. The molecule has 1 saturated heterocycles. The van der Waals surface area contributed by atoms with Crippen LogP contribution in [0.1, 0.15) is 13.8 Å². The molecule has 94 valence electrons. The highest BCUT2D eigenvalue weighted by molar-refractivity contribution is 5.98. The van der Waals surface area contributed by atoms with Gasteiger partial charge in [-0.1, -0.05) is 0 Å². The van der Waals surface area contributed by atoms with Crippen LogP contribution in [0.2, 0.25) is 0 Å². The van der Waals surface area contributed by atoms with E-state index in [0.29, 0.717) is 12.2 Å². The lowest BCUT2D eigenvalue weighted by Crippen LogP contribution is -2.19. The molecule has 0 unspecified atom stereocenters. The Labute approximate surface area is 101 Å². The molecule has 1 aliphatic rings. The van der Waals surface area contributed by atoms with E-state index in [1.54, 1.807) is 6.92 Å². The highest BCUT2D eigenvalue weighted by atomic mass is 16.5. The molecule has 1 fully saturated rings. The Morgan fingerprint density at radius 1 is 1.47 bits per heavy atom. The van der Waals surface area contributed by atoms with E-state index >= 15 is 0 Å². The maximum Gasteiger partial charge on any atom is 0.330 e. The fourth-order valence-corrected chi connectivity index (χ4v) is 1.59. The second-order valence-electron chi connectivity index (χ2n) is 3.75. The minimum Gasteiger partial charge on any atom is -0.463 e. The van der Waals surface area contributed by atoms with Gasteiger partial charge in [0.1, 0.15) is 5.82 Å². The van der Waals surface area contributed by atoms with Crippen molar-refractivity contribution in [3.05, 3.63) is 23.5 Å². The number of rotatable bonds is 4. The number of nitrogens with zero attached hydrogens (tertiary/aromatic N) is 1. The molecule has 0 aromatic heterocycles. The summed E-state index contributed by atoms with van der Waals surface area (Å²) in [6, 6.07) is 0. The maximum atomic E-state index is 11.5. The number of hydrogen-bond acceptors (Lipinski definition) is 5. The van der Waals surface area contributed by atoms with E-state index in [1.807, 2.05) is 11.9 Å². The number of ketones is 1. The van der Waals surface area contributed by atoms with Crippen LogP contribution in [-0.4, -0.2) is 43.4 Å². The lowest BCUT2D eigenvalue weighted by Gasteiger charge is -2.14. The van der Waals surface area contributed by atoms with E-state index in [4.69, 9.17) is 4.74 Å². The Hall–Kier alpha value is -1.78. The predicted octanol–water partition coefficient (Wildman–Crippen LogP) is 0.441. The molecule has 0 saturated carbocycles. The molecule has 0 atom stereocenters. The fraction of sp³-hybridized carbons (Fsp3) is 0.500. The third kappa shape index (κ3) is 3.62. The first kappa shape index (κ1) is 13.3. The standard InChI is InChI=1S/C12H18N2O3/c1-4-17-11(16)6-5-10(9(2)15)12-13-7-8-14(12)3/h5-6,13H,4,7-8H2,1-3H3/b6-5+,12-10+. The summed E-state index contributed by atoms with van der Waals surface area (Å²) in [5.74, 6) is 0.243. The molecular formula is C12H18N2O3. The quantitative estimate of drug-likeness (QED) is 0.569. The zero-order valence-electron chi connectivity index (χ0n) is 10.4. The van der Waals surface area contributed by atoms with Crippen LogP contribution >= 0.6 is 0 Å². The number of hydrogen-bond donors (Lipinski definition) is 1. The summed E-state index contributed by atoms with van der Waals surface area (Å²) in [6.45, 7) is 5.19. The number of nitrogens with one attached hydrogen (secondary N) is 1. The van der Waals surface area contributed by atoms with Crippen LogP contribution in [0.25, 0.3) is 0 Å². The Bertz CT molecular complexity index is 372. The summed E-state index contributed by atoms with van der Waals surface area (Å²) < 4.78 is 4.77. The smallest absolute Gasteiger partial charge is 0.330 e. The first-order chi connectivity index (χ1) is 8.06. The van der Waals surface area contributed by atoms with Crippen molar-refractivity contribution < 1.29 is 14.3 Å². The SMILES string of the molecule is CCOC(=O)/C=C/C(C(C)=O)=C1/NCCN1C. The number of carbonyl (C=O) groups excluding carboxylic acids is 2. The number of esters is 1. The fourth-order valence-electron chi connectivity index (χ4n) is 1.59. The first-order valence-electron chi connectivity index (χ1n) is 5.61. The molecule has 17 heavy (non-hydrogen) atoms. The zero-order valence-corrected chi connectivity index (χ0v) is 10.4. The van der Waals surface area contributed by atoms with Gasteiger partial charge >= 0.3 is 5.97 Å². The summed E-state index contributed by atoms with van der Waals surface area (Å²) >= 11 is 0. The van der Waals surface area contributed by atoms with Gasteiger partial charge in [0, 0.05) is 26.2 Å². The summed E-state index contributed by atoms with van der Waals surface area (Å²) in [5.41, 5.74) is 0.498. The average Bonchev–Trinajstić information content (AvgIpc) is 2.65. The third-order valence-electron chi connectivity index (χ3n) is 2.43. The molecule has 1 rings (SSSR count). The Morgan fingerprint density at radius 2 is 2.18 bits per heavy atom. The van der Waals surface area contributed by atoms with Gasteiger partial charge in [-0.2, -0.15) is 0 Å². The van der Waals surface area contributed by atoms with Crippen molar-refractivity contribution in [1.29, 1.82) is 0 Å². The molecule has 0 spiro atoms. The number of ether oxygens (including phenoxy) is 1. The minimum absolute atomic E-state index is 0.0817. The second-order valence-corrected chi connectivity index (χ2v) is 3.75. The topological polar surface area (TPSA) is 58.6 Å². The normalized spacial score (nSPS) is 18.2. The van der Waals surface area contributed by atoms with Crippen molar-refractivity contribution in [3.63, 3.8) is 0 Å². The van der Waals surface area contributed by atoms with Crippen LogP contribution in [-0.2, 0) is 14.3 Å². The number of allylic oxidation sites excluding steroid dienone is 2. The third-order valence-corrected chi connectivity index (χ3v) is 2.43. The highest BCUT2D eigenvalue weighted by Crippen LogP contribution is 2.12. The predicted molar refractivity (Wildman–Crippen MR) is 64.1 cm³/mol. The first-order valence-corrected chi connectivity index (χ1v) is 5.61. The molecule has 5 nitrogen and oxygen atoms in total. The molecule has 0 radical (unpaired) electrons. The monoisotopic (exact) mass is 238 g/mol. The van der Waals surface area contributed by atoms with E-state index in [0.717, 1.165) is 18.9 Å². The lowest BCUT2D eigenvalue weighted by molar-refractivity contribution is -0.137. The van der Waals surface area contributed by atoms with E-state index in [9.17, 15) is 9.59 Å². The maximum absolute atomic E-state index is 11.5. The molecular weight excluding hydrogens is 220 g/mol. The van der Waals surface area contributed by atoms with Crippen molar-refractivity contribution in [1.82, 2.24) is 10.2 Å². The van der Waals surface area contributed by atoms with Gasteiger partial charge in [0.25, 0.3) is 0 Å².